The number of ether oxygens (including phenoxy) is 1. The molecule has 0 bridgehead atoms. The highest BCUT2D eigenvalue weighted by molar-refractivity contribution is 5.98. The van der Waals surface area contributed by atoms with Crippen LogP contribution in [0.5, 0.6) is 5.75 Å². The third kappa shape index (κ3) is 3.61. The SMILES string of the molecule is Cc1nc2cc(-c3ccc4c(c3)CN(C(=O)c3ccc5ccccc5c3)CCO4)ccc2[nH]1. The number of H-pyrrole nitrogens is 1. The summed E-state index contributed by atoms with van der Waals surface area (Å²) in [5, 5.41) is 2.20. The third-order valence-electron chi connectivity index (χ3n) is 6.26. The molecule has 0 aliphatic carbocycles. The van der Waals surface area contributed by atoms with Crippen LogP contribution in [0.4, 0.5) is 0 Å². The van der Waals surface area contributed by atoms with Gasteiger partial charge in [0.2, 0.25) is 0 Å². The van der Waals surface area contributed by atoms with E-state index < -0.39 is 0 Å². The predicted molar refractivity (Wildman–Crippen MR) is 130 cm³/mol. The van der Waals surface area contributed by atoms with Crippen molar-refractivity contribution in [3.63, 3.8) is 0 Å². The number of aromatic amines is 1. The van der Waals surface area contributed by atoms with E-state index >= 15 is 0 Å². The Bertz CT molecular complexity index is 1520. The smallest absolute Gasteiger partial charge is 0.254 e. The van der Waals surface area contributed by atoms with E-state index in [9.17, 15) is 4.79 Å². The Kier molecular flexibility index (Phi) is 4.61. The molecule has 1 aliphatic heterocycles. The number of hydrogen-bond acceptors (Lipinski definition) is 3. The van der Waals surface area contributed by atoms with Crippen molar-refractivity contribution < 1.29 is 9.53 Å². The number of carbonyl (C=O) groups is 1. The minimum absolute atomic E-state index is 0.0241. The summed E-state index contributed by atoms with van der Waals surface area (Å²) in [6, 6.07) is 26.4. The minimum Gasteiger partial charge on any atom is -0.491 e. The van der Waals surface area contributed by atoms with Crippen molar-refractivity contribution in [2.75, 3.05) is 13.2 Å². The molecule has 162 valence electrons. The monoisotopic (exact) mass is 433 g/mol. The first kappa shape index (κ1) is 19.6. The molecule has 2 heterocycles. The highest BCUT2D eigenvalue weighted by Crippen LogP contribution is 2.31. The summed E-state index contributed by atoms with van der Waals surface area (Å²) in [5.74, 6) is 1.76. The molecule has 5 aromatic rings. The van der Waals surface area contributed by atoms with Crippen molar-refractivity contribution in [2.45, 2.75) is 13.5 Å². The number of carbonyl (C=O) groups excluding carboxylic acids is 1. The van der Waals surface area contributed by atoms with Crippen LogP contribution in [0.1, 0.15) is 21.7 Å². The maximum Gasteiger partial charge on any atom is 0.254 e. The number of nitrogens with one attached hydrogen (secondary N) is 1. The van der Waals surface area contributed by atoms with E-state index in [1.54, 1.807) is 0 Å². The van der Waals surface area contributed by atoms with Crippen molar-refractivity contribution in [1.29, 1.82) is 0 Å². The van der Waals surface area contributed by atoms with E-state index in [0.717, 1.165) is 50.1 Å². The Morgan fingerprint density at radius 2 is 1.76 bits per heavy atom. The predicted octanol–water partition coefficient (Wildman–Crippen LogP) is 5.73. The molecule has 0 fully saturated rings. The zero-order chi connectivity index (χ0) is 22.4. The van der Waals surface area contributed by atoms with Crippen LogP contribution in [-0.4, -0.2) is 33.9 Å². The average molecular weight is 434 g/mol. The van der Waals surface area contributed by atoms with Crippen LogP contribution < -0.4 is 4.74 Å². The second-order valence-corrected chi connectivity index (χ2v) is 8.51. The lowest BCUT2D eigenvalue weighted by molar-refractivity contribution is 0.0733. The molecule has 0 radical (unpaired) electrons. The normalized spacial score (nSPS) is 13.5. The number of rotatable bonds is 2. The van der Waals surface area contributed by atoms with Crippen LogP contribution in [0.2, 0.25) is 0 Å². The Morgan fingerprint density at radius 1 is 0.939 bits per heavy atom. The molecule has 5 heteroatoms. The van der Waals surface area contributed by atoms with Gasteiger partial charge in [-0.2, -0.15) is 0 Å². The first-order chi connectivity index (χ1) is 16.1. The van der Waals surface area contributed by atoms with Gasteiger partial charge in [-0.15, -0.1) is 0 Å². The van der Waals surface area contributed by atoms with E-state index in [-0.39, 0.29) is 5.91 Å². The molecule has 5 nitrogen and oxygen atoms in total. The van der Waals surface area contributed by atoms with Gasteiger partial charge in [0.15, 0.2) is 0 Å². The Morgan fingerprint density at radius 3 is 2.67 bits per heavy atom. The third-order valence-corrected chi connectivity index (χ3v) is 6.26. The lowest BCUT2D eigenvalue weighted by Gasteiger charge is -2.20. The summed E-state index contributed by atoms with van der Waals surface area (Å²) < 4.78 is 5.99. The summed E-state index contributed by atoms with van der Waals surface area (Å²) in [6.07, 6.45) is 0. The molecule has 1 aliphatic rings. The summed E-state index contributed by atoms with van der Waals surface area (Å²) in [5.41, 5.74) is 5.87. The number of aromatic nitrogens is 2. The van der Waals surface area contributed by atoms with Crippen molar-refractivity contribution in [1.82, 2.24) is 14.9 Å². The summed E-state index contributed by atoms with van der Waals surface area (Å²) >= 11 is 0. The van der Waals surface area contributed by atoms with Gasteiger partial charge in [-0.1, -0.05) is 42.5 Å². The fourth-order valence-electron chi connectivity index (χ4n) is 4.57. The Labute approximate surface area is 191 Å². The molecule has 0 spiro atoms. The summed E-state index contributed by atoms with van der Waals surface area (Å²) in [4.78, 5) is 23.1. The Balaban J connectivity index is 1.32. The molecule has 33 heavy (non-hydrogen) atoms. The molecule has 1 N–H and O–H groups in total. The molecule has 6 rings (SSSR count). The topological polar surface area (TPSA) is 58.2 Å². The number of hydrogen-bond donors (Lipinski definition) is 1. The highest BCUT2D eigenvalue weighted by atomic mass is 16.5. The maximum absolute atomic E-state index is 13.4. The highest BCUT2D eigenvalue weighted by Gasteiger charge is 2.22. The number of imidazole rings is 1. The van der Waals surface area contributed by atoms with Crippen molar-refractivity contribution in [2.24, 2.45) is 0 Å². The number of fused-ring (bicyclic) bond motifs is 3. The fourth-order valence-corrected chi connectivity index (χ4v) is 4.57. The van der Waals surface area contributed by atoms with Gasteiger partial charge < -0.3 is 14.6 Å². The van der Waals surface area contributed by atoms with E-state index in [4.69, 9.17) is 4.74 Å². The first-order valence-electron chi connectivity index (χ1n) is 11.1. The van der Waals surface area contributed by atoms with Crippen LogP contribution in [0.15, 0.2) is 78.9 Å². The summed E-state index contributed by atoms with van der Waals surface area (Å²) in [6.45, 7) is 3.50. The van der Waals surface area contributed by atoms with Gasteiger partial charge in [-0.3, -0.25) is 4.79 Å². The standard InChI is InChI=1S/C28H23N3O2/c1-18-29-25-10-8-22(16-26(25)30-18)21-9-11-27-24(15-21)17-31(12-13-33-27)28(32)23-7-6-19-4-2-3-5-20(19)14-23/h2-11,14-16H,12-13,17H2,1H3,(H,29,30). The van der Waals surface area contributed by atoms with Crippen LogP contribution in [0.25, 0.3) is 32.9 Å². The van der Waals surface area contributed by atoms with Gasteiger partial charge in [0, 0.05) is 17.7 Å². The lowest BCUT2D eigenvalue weighted by atomic mass is 10.0. The molecule has 0 saturated carbocycles. The molecule has 0 atom stereocenters. The zero-order valence-electron chi connectivity index (χ0n) is 18.3. The Hall–Kier alpha value is -4.12. The number of amides is 1. The second-order valence-electron chi connectivity index (χ2n) is 8.51. The molecule has 0 unspecified atom stereocenters. The lowest BCUT2D eigenvalue weighted by Crippen LogP contribution is -2.32. The van der Waals surface area contributed by atoms with E-state index in [1.807, 2.05) is 54.3 Å². The van der Waals surface area contributed by atoms with Crippen molar-refractivity contribution in [3.8, 4) is 16.9 Å². The van der Waals surface area contributed by atoms with Gasteiger partial charge in [0.25, 0.3) is 5.91 Å². The van der Waals surface area contributed by atoms with Crippen LogP contribution in [0.3, 0.4) is 0 Å². The maximum atomic E-state index is 13.4. The molecule has 1 amide bonds. The van der Waals surface area contributed by atoms with E-state index in [1.165, 1.54) is 0 Å². The van der Waals surface area contributed by atoms with E-state index in [2.05, 4.69) is 46.4 Å². The van der Waals surface area contributed by atoms with Crippen LogP contribution in [-0.2, 0) is 6.54 Å². The average Bonchev–Trinajstić information content (AvgIpc) is 3.08. The first-order valence-corrected chi connectivity index (χ1v) is 11.1. The largest absolute Gasteiger partial charge is 0.491 e. The summed E-state index contributed by atoms with van der Waals surface area (Å²) in [7, 11) is 0. The molecular weight excluding hydrogens is 410 g/mol. The zero-order valence-corrected chi connectivity index (χ0v) is 18.3. The molecular formula is C28H23N3O2. The van der Waals surface area contributed by atoms with Crippen molar-refractivity contribution in [3.05, 3.63) is 95.8 Å². The number of aryl methyl sites for hydroxylation is 1. The van der Waals surface area contributed by atoms with Gasteiger partial charge in [-0.25, -0.2) is 4.98 Å². The quantitative estimate of drug-likeness (QED) is 0.387. The molecule has 4 aromatic carbocycles. The minimum atomic E-state index is 0.0241. The fraction of sp³-hybridized carbons (Fsp3) is 0.143. The second kappa shape index (κ2) is 7.78. The van der Waals surface area contributed by atoms with Gasteiger partial charge in [-0.05, 0) is 65.2 Å². The van der Waals surface area contributed by atoms with E-state index in [0.29, 0.717) is 25.3 Å². The van der Waals surface area contributed by atoms with Crippen molar-refractivity contribution >= 4 is 27.7 Å². The van der Waals surface area contributed by atoms with Crippen LogP contribution >= 0.6 is 0 Å². The van der Waals surface area contributed by atoms with Gasteiger partial charge in [0.1, 0.15) is 18.2 Å². The van der Waals surface area contributed by atoms with Gasteiger partial charge >= 0.3 is 0 Å². The molecule has 1 aromatic heterocycles. The number of benzene rings is 4. The van der Waals surface area contributed by atoms with Gasteiger partial charge in [0.05, 0.1) is 17.6 Å². The molecule has 0 saturated heterocycles. The van der Waals surface area contributed by atoms with Crippen LogP contribution in [0, 0.1) is 6.92 Å². The number of nitrogens with zero attached hydrogens (tertiary/aromatic N) is 2.